The minimum atomic E-state index is -0.445. The highest BCUT2D eigenvalue weighted by molar-refractivity contribution is 6.31. The van der Waals surface area contributed by atoms with Gasteiger partial charge in [-0.25, -0.2) is 9.38 Å². The van der Waals surface area contributed by atoms with Gasteiger partial charge in [0, 0.05) is 34.9 Å². The molecule has 0 radical (unpaired) electrons. The van der Waals surface area contributed by atoms with Crippen molar-refractivity contribution < 1.29 is 4.39 Å². The number of amidine groups is 1. The Labute approximate surface area is 180 Å². The van der Waals surface area contributed by atoms with Crippen LogP contribution in [-0.2, 0) is 6.42 Å². The highest BCUT2D eigenvalue weighted by Crippen LogP contribution is 2.34. The zero-order valence-electron chi connectivity index (χ0n) is 16.6. The maximum atomic E-state index is 13.6. The van der Waals surface area contributed by atoms with Crippen LogP contribution in [-0.4, -0.2) is 24.4 Å². The number of rotatable bonds is 7. The topological polar surface area (TPSA) is 61.3 Å². The summed E-state index contributed by atoms with van der Waals surface area (Å²) < 4.78 is 13.6. The molecule has 0 amide bonds. The van der Waals surface area contributed by atoms with Crippen LogP contribution in [0.3, 0.4) is 0 Å². The molecule has 1 atom stereocenters. The second kappa shape index (κ2) is 9.24. The van der Waals surface area contributed by atoms with Crippen LogP contribution in [0.1, 0.15) is 29.3 Å². The number of fused-ring (bicyclic) bond motifs is 1. The number of aliphatic imine (C=N–C) groups is 1. The molecule has 7 heteroatoms. The number of halogens is 2. The van der Waals surface area contributed by atoms with Gasteiger partial charge in [-0.1, -0.05) is 17.7 Å². The summed E-state index contributed by atoms with van der Waals surface area (Å²) in [6, 6.07) is 14.8. The summed E-state index contributed by atoms with van der Waals surface area (Å²) >= 11 is 5.98. The molecule has 5 nitrogen and oxygen atoms in total. The molecular weight excluding hydrogens is 401 g/mol. The van der Waals surface area contributed by atoms with E-state index in [0.29, 0.717) is 5.69 Å². The molecule has 154 valence electrons. The lowest BCUT2D eigenvalue weighted by atomic mass is 10.0. The van der Waals surface area contributed by atoms with E-state index in [0.717, 1.165) is 42.0 Å². The number of anilines is 2. The van der Waals surface area contributed by atoms with E-state index >= 15 is 0 Å². The average molecular weight is 424 g/mol. The van der Waals surface area contributed by atoms with Gasteiger partial charge in [-0.05, 0) is 74.5 Å². The first kappa shape index (κ1) is 20.3. The van der Waals surface area contributed by atoms with Crippen molar-refractivity contribution in [2.45, 2.75) is 19.0 Å². The van der Waals surface area contributed by atoms with Gasteiger partial charge in [0.25, 0.3) is 0 Å². The van der Waals surface area contributed by atoms with Gasteiger partial charge >= 0.3 is 0 Å². The second-order valence-electron chi connectivity index (χ2n) is 7.15. The van der Waals surface area contributed by atoms with Gasteiger partial charge < -0.3 is 16.0 Å². The molecule has 30 heavy (non-hydrogen) atoms. The zero-order valence-corrected chi connectivity index (χ0v) is 17.4. The van der Waals surface area contributed by atoms with Crippen molar-refractivity contribution in [2.24, 2.45) is 4.99 Å². The van der Waals surface area contributed by atoms with Crippen LogP contribution in [0.2, 0.25) is 5.02 Å². The van der Waals surface area contributed by atoms with Crippen LogP contribution >= 0.6 is 11.6 Å². The van der Waals surface area contributed by atoms with Crippen LogP contribution in [0.25, 0.3) is 0 Å². The molecule has 1 aliphatic heterocycles. The van der Waals surface area contributed by atoms with E-state index in [1.54, 1.807) is 24.5 Å². The smallest absolute Gasteiger partial charge is 0.149 e. The average Bonchev–Trinajstić information content (AvgIpc) is 2.77. The van der Waals surface area contributed by atoms with Gasteiger partial charge in [0.15, 0.2) is 0 Å². The zero-order chi connectivity index (χ0) is 20.9. The Hall–Kier alpha value is -2.96. The van der Waals surface area contributed by atoms with Crippen molar-refractivity contribution in [3.63, 3.8) is 0 Å². The minimum absolute atomic E-state index is 0.0754. The number of nitrogens with one attached hydrogen (secondary N) is 3. The van der Waals surface area contributed by atoms with Crippen LogP contribution in [0.5, 0.6) is 0 Å². The van der Waals surface area contributed by atoms with Crippen molar-refractivity contribution in [3.05, 3.63) is 88.5 Å². The van der Waals surface area contributed by atoms with Crippen LogP contribution in [0, 0.1) is 5.82 Å². The van der Waals surface area contributed by atoms with Crippen molar-refractivity contribution in [1.82, 2.24) is 10.3 Å². The van der Waals surface area contributed by atoms with Gasteiger partial charge in [-0.3, -0.25) is 4.98 Å². The number of pyridine rings is 1. The number of nitrogens with zero attached hydrogens (tertiary/aromatic N) is 2. The van der Waals surface area contributed by atoms with E-state index < -0.39 is 5.82 Å². The van der Waals surface area contributed by atoms with E-state index in [4.69, 9.17) is 16.6 Å². The van der Waals surface area contributed by atoms with Crippen molar-refractivity contribution in [3.8, 4) is 0 Å². The molecule has 1 unspecified atom stereocenters. The number of benzene rings is 2. The molecule has 0 spiro atoms. The van der Waals surface area contributed by atoms with Gasteiger partial charge in [0.05, 0.1) is 5.02 Å². The van der Waals surface area contributed by atoms with Crippen LogP contribution in [0.15, 0.2) is 65.9 Å². The maximum Gasteiger partial charge on any atom is 0.149 e. The molecule has 0 bridgehead atoms. The summed E-state index contributed by atoms with van der Waals surface area (Å²) in [7, 11) is 1.96. The fraction of sp³-hybridized carbons (Fsp3) is 0.217. The highest BCUT2D eigenvalue weighted by Gasteiger charge is 2.23. The van der Waals surface area contributed by atoms with Crippen molar-refractivity contribution in [1.29, 1.82) is 0 Å². The van der Waals surface area contributed by atoms with E-state index in [2.05, 4.69) is 39.1 Å². The lowest BCUT2D eigenvalue weighted by Crippen LogP contribution is -2.25. The number of hydrogen-bond donors (Lipinski definition) is 3. The molecule has 0 fully saturated rings. The minimum Gasteiger partial charge on any atom is -0.360 e. The standard InChI is InChI=1S/C23H23ClFN5/c1-26-10-2-4-15-6-9-21-18(12-15)23(28-17-7-8-20(25)19(24)13-17)30-22(29-21)16-5-3-11-27-14-16/h3,5-9,11-14,23,26,28H,2,4,10H2,1H3,(H,29,30). The Bertz CT molecular complexity index is 1050. The number of hydrogen-bond acceptors (Lipinski definition) is 5. The fourth-order valence-electron chi connectivity index (χ4n) is 3.44. The second-order valence-corrected chi connectivity index (χ2v) is 7.56. The summed E-state index contributed by atoms with van der Waals surface area (Å²) in [5, 5.41) is 10.1. The first-order valence-corrected chi connectivity index (χ1v) is 10.3. The van der Waals surface area contributed by atoms with Gasteiger partial charge in [-0.15, -0.1) is 0 Å². The predicted molar refractivity (Wildman–Crippen MR) is 121 cm³/mol. The Morgan fingerprint density at radius 2 is 2.07 bits per heavy atom. The monoisotopic (exact) mass is 423 g/mol. The fourth-order valence-corrected chi connectivity index (χ4v) is 3.62. The molecule has 3 aromatic rings. The predicted octanol–water partition coefficient (Wildman–Crippen LogP) is 5.01. The molecule has 0 saturated carbocycles. The van der Waals surface area contributed by atoms with E-state index in [1.165, 1.54) is 11.6 Å². The van der Waals surface area contributed by atoms with Gasteiger partial charge in [-0.2, -0.15) is 0 Å². The third kappa shape index (κ3) is 4.61. The van der Waals surface area contributed by atoms with Crippen LogP contribution < -0.4 is 16.0 Å². The molecule has 1 aliphatic rings. The first-order chi connectivity index (χ1) is 14.6. The van der Waals surface area contributed by atoms with E-state index in [-0.39, 0.29) is 11.2 Å². The molecule has 0 saturated heterocycles. The SMILES string of the molecule is CNCCCc1ccc2c(c1)C(Nc1ccc(F)c(Cl)c1)N=C(c1cccnc1)N2. The number of aromatic nitrogens is 1. The summed E-state index contributed by atoms with van der Waals surface area (Å²) in [6.45, 7) is 0.967. The summed E-state index contributed by atoms with van der Waals surface area (Å²) in [6.07, 6.45) is 5.19. The molecule has 0 aliphatic carbocycles. The highest BCUT2D eigenvalue weighted by atomic mass is 35.5. The van der Waals surface area contributed by atoms with Crippen molar-refractivity contribution in [2.75, 3.05) is 24.2 Å². The largest absolute Gasteiger partial charge is 0.360 e. The maximum absolute atomic E-state index is 13.6. The Morgan fingerprint density at radius 3 is 2.83 bits per heavy atom. The molecule has 3 N–H and O–H groups in total. The Morgan fingerprint density at radius 1 is 1.17 bits per heavy atom. The third-order valence-corrected chi connectivity index (χ3v) is 5.26. The third-order valence-electron chi connectivity index (χ3n) is 4.97. The lowest BCUT2D eigenvalue weighted by Gasteiger charge is -2.27. The summed E-state index contributed by atoms with van der Waals surface area (Å²) in [4.78, 5) is 9.08. The first-order valence-electron chi connectivity index (χ1n) is 9.88. The van der Waals surface area contributed by atoms with Gasteiger partial charge in [0.2, 0.25) is 0 Å². The molecular formula is C23H23ClFN5. The number of aryl methyl sites for hydroxylation is 1. The normalized spacial score (nSPS) is 15.2. The molecule has 1 aromatic heterocycles. The van der Waals surface area contributed by atoms with E-state index in [9.17, 15) is 4.39 Å². The molecule has 4 rings (SSSR count). The summed E-state index contributed by atoms with van der Waals surface area (Å²) in [5.74, 6) is 0.281. The van der Waals surface area contributed by atoms with E-state index in [1.807, 2.05) is 19.2 Å². The lowest BCUT2D eigenvalue weighted by molar-refractivity contribution is 0.628. The molecule has 2 aromatic carbocycles. The van der Waals surface area contributed by atoms with Crippen molar-refractivity contribution >= 4 is 28.8 Å². The summed E-state index contributed by atoms with van der Waals surface area (Å²) in [5.41, 5.74) is 4.85. The van der Waals surface area contributed by atoms with Gasteiger partial charge in [0.1, 0.15) is 17.8 Å². The van der Waals surface area contributed by atoms with Crippen LogP contribution in [0.4, 0.5) is 15.8 Å². The Kier molecular flexibility index (Phi) is 6.26. The quantitative estimate of drug-likeness (QED) is 0.467. The Balaban J connectivity index is 1.68. The molecule has 2 heterocycles.